The van der Waals surface area contributed by atoms with Crippen LogP contribution in [-0.2, 0) is 4.74 Å². The zero-order chi connectivity index (χ0) is 11.4. The van der Waals surface area contributed by atoms with Crippen LogP contribution in [0.25, 0.3) is 0 Å². The minimum atomic E-state index is 0.165. The molecular weight excluding hydrogens is 198 g/mol. The molecule has 0 amide bonds. The van der Waals surface area contributed by atoms with Crippen molar-refractivity contribution in [3.8, 4) is 0 Å². The van der Waals surface area contributed by atoms with Crippen LogP contribution >= 0.6 is 0 Å². The first kappa shape index (κ1) is 12.4. The quantitative estimate of drug-likeness (QED) is 0.719. The van der Waals surface area contributed by atoms with E-state index in [2.05, 4.69) is 19.3 Å². The molecule has 16 heavy (non-hydrogen) atoms. The minimum absolute atomic E-state index is 0.165. The highest BCUT2D eigenvalue weighted by molar-refractivity contribution is 4.97. The molecule has 2 rings (SSSR count). The van der Waals surface area contributed by atoms with Crippen molar-refractivity contribution in [3.05, 3.63) is 0 Å². The lowest BCUT2D eigenvalue weighted by Crippen LogP contribution is -2.49. The molecule has 2 nitrogen and oxygen atoms in total. The van der Waals surface area contributed by atoms with Crippen LogP contribution in [0.15, 0.2) is 0 Å². The SMILES string of the molecule is CCOC1(C(CCC2CC2)NC)CCCC1. The number of likely N-dealkylation sites (N-methyl/N-ethyl adjacent to an activating group) is 1. The van der Waals surface area contributed by atoms with Gasteiger partial charge in [-0.05, 0) is 45.6 Å². The molecule has 2 fully saturated rings. The maximum absolute atomic E-state index is 6.13. The van der Waals surface area contributed by atoms with E-state index in [1.807, 2.05) is 0 Å². The second kappa shape index (κ2) is 5.50. The fraction of sp³-hybridized carbons (Fsp3) is 1.00. The molecule has 1 N–H and O–H groups in total. The lowest BCUT2D eigenvalue weighted by molar-refractivity contribution is -0.0622. The predicted molar refractivity (Wildman–Crippen MR) is 67.6 cm³/mol. The molecule has 0 heterocycles. The molecule has 1 atom stereocenters. The molecule has 0 aromatic heterocycles. The lowest BCUT2D eigenvalue weighted by Gasteiger charge is -2.37. The fourth-order valence-electron chi connectivity index (χ4n) is 3.33. The van der Waals surface area contributed by atoms with Crippen LogP contribution in [0, 0.1) is 5.92 Å². The van der Waals surface area contributed by atoms with Gasteiger partial charge >= 0.3 is 0 Å². The smallest absolute Gasteiger partial charge is 0.0834 e. The lowest BCUT2D eigenvalue weighted by atomic mass is 9.88. The summed E-state index contributed by atoms with van der Waals surface area (Å²) in [5.74, 6) is 1.04. The van der Waals surface area contributed by atoms with E-state index in [0.29, 0.717) is 6.04 Å². The topological polar surface area (TPSA) is 21.3 Å². The fourth-order valence-corrected chi connectivity index (χ4v) is 3.33. The van der Waals surface area contributed by atoms with Gasteiger partial charge in [0.2, 0.25) is 0 Å². The number of hydrogen-bond donors (Lipinski definition) is 1. The van der Waals surface area contributed by atoms with Crippen molar-refractivity contribution in [3.63, 3.8) is 0 Å². The molecule has 94 valence electrons. The maximum atomic E-state index is 6.13. The molecule has 2 saturated carbocycles. The van der Waals surface area contributed by atoms with E-state index in [1.54, 1.807) is 0 Å². The summed E-state index contributed by atoms with van der Waals surface area (Å²) in [6.07, 6.45) is 10.9. The van der Waals surface area contributed by atoms with Crippen LogP contribution in [0.2, 0.25) is 0 Å². The molecule has 0 aromatic rings. The number of hydrogen-bond acceptors (Lipinski definition) is 2. The van der Waals surface area contributed by atoms with Crippen LogP contribution in [0.3, 0.4) is 0 Å². The number of nitrogens with one attached hydrogen (secondary N) is 1. The third kappa shape index (κ3) is 2.78. The van der Waals surface area contributed by atoms with E-state index in [4.69, 9.17) is 4.74 Å². The summed E-state index contributed by atoms with van der Waals surface area (Å²) >= 11 is 0. The van der Waals surface area contributed by atoms with Crippen molar-refractivity contribution in [2.45, 2.75) is 69.9 Å². The highest BCUT2D eigenvalue weighted by atomic mass is 16.5. The molecule has 0 radical (unpaired) electrons. The number of ether oxygens (including phenoxy) is 1. The molecule has 2 heteroatoms. The van der Waals surface area contributed by atoms with Gasteiger partial charge < -0.3 is 10.1 Å². The Morgan fingerprint density at radius 3 is 2.50 bits per heavy atom. The summed E-state index contributed by atoms with van der Waals surface area (Å²) in [5.41, 5.74) is 0.165. The molecule has 1 unspecified atom stereocenters. The summed E-state index contributed by atoms with van der Waals surface area (Å²) in [4.78, 5) is 0. The Morgan fingerprint density at radius 1 is 1.31 bits per heavy atom. The van der Waals surface area contributed by atoms with Gasteiger partial charge in [0.15, 0.2) is 0 Å². The Hall–Kier alpha value is -0.0800. The second-order valence-corrected chi connectivity index (χ2v) is 5.57. The van der Waals surface area contributed by atoms with Gasteiger partial charge in [0.25, 0.3) is 0 Å². The van der Waals surface area contributed by atoms with Crippen LogP contribution in [0.4, 0.5) is 0 Å². The van der Waals surface area contributed by atoms with Crippen molar-refractivity contribution in [1.29, 1.82) is 0 Å². The van der Waals surface area contributed by atoms with Gasteiger partial charge in [0, 0.05) is 12.6 Å². The predicted octanol–water partition coefficient (Wildman–Crippen LogP) is 3.11. The van der Waals surface area contributed by atoms with Crippen molar-refractivity contribution in [2.75, 3.05) is 13.7 Å². The Balaban J connectivity index is 1.91. The molecule has 0 aromatic carbocycles. The van der Waals surface area contributed by atoms with Gasteiger partial charge in [-0.15, -0.1) is 0 Å². The zero-order valence-electron chi connectivity index (χ0n) is 10.9. The normalized spacial score (nSPS) is 25.9. The minimum Gasteiger partial charge on any atom is -0.374 e. The molecular formula is C14H27NO. The van der Waals surface area contributed by atoms with Gasteiger partial charge in [0.05, 0.1) is 5.60 Å². The first-order valence-electron chi connectivity index (χ1n) is 7.12. The Labute approximate surface area is 100 Å². The van der Waals surface area contributed by atoms with E-state index in [1.165, 1.54) is 51.4 Å². The molecule has 0 aliphatic heterocycles. The van der Waals surface area contributed by atoms with E-state index in [-0.39, 0.29) is 5.60 Å². The van der Waals surface area contributed by atoms with Crippen molar-refractivity contribution in [1.82, 2.24) is 5.32 Å². The maximum Gasteiger partial charge on any atom is 0.0834 e. The number of rotatable bonds is 7. The van der Waals surface area contributed by atoms with Gasteiger partial charge in [-0.2, -0.15) is 0 Å². The van der Waals surface area contributed by atoms with E-state index in [9.17, 15) is 0 Å². The Bertz CT molecular complexity index is 207. The first-order valence-corrected chi connectivity index (χ1v) is 7.12. The van der Waals surface area contributed by atoms with Gasteiger partial charge in [-0.1, -0.05) is 25.7 Å². The summed E-state index contributed by atoms with van der Waals surface area (Å²) in [6, 6.07) is 0.579. The molecule has 2 aliphatic rings. The van der Waals surface area contributed by atoms with E-state index >= 15 is 0 Å². The van der Waals surface area contributed by atoms with Crippen molar-refractivity contribution in [2.24, 2.45) is 5.92 Å². The van der Waals surface area contributed by atoms with Gasteiger partial charge in [0.1, 0.15) is 0 Å². The molecule has 0 bridgehead atoms. The zero-order valence-corrected chi connectivity index (χ0v) is 10.9. The van der Waals surface area contributed by atoms with E-state index in [0.717, 1.165) is 12.5 Å². The average Bonchev–Trinajstić information content (AvgIpc) is 2.99. The average molecular weight is 225 g/mol. The van der Waals surface area contributed by atoms with Crippen LogP contribution in [0.1, 0.15) is 58.3 Å². The highest BCUT2D eigenvalue weighted by Gasteiger charge is 2.41. The summed E-state index contributed by atoms with van der Waals surface area (Å²) in [5, 5.41) is 3.53. The van der Waals surface area contributed by atoms with Crippen molar-refractivity contribution < 1.29 is 4.74 Å². The summed E-state index contributed by atoms with van der Waals surface area (Å²) in [6.45, 7) is 3.00. The Morgan fingerprint density at radius 2 is 2.00 bits per heavy atom. The monoisotopic (exact) mass is 225 g/mol. The third-order valence-corrected chi connectivity index (χ3v) is 4.43. The summed E-state index contributed by atoms with van der Waals surface area (Å²) in [7, 11) is 2.11. The van der Waals surface area contributed by atoms with Crippen molar-refractivity contribution >= 4 is 0 Å². The van der Waals surface area contributed by atoms with Crippen LogP contribution < -0.4 is 5.32 Å². The summed E-state index contributed by atoms with van der Waals surface area (Å²) < 4.78 is 6.13. The van der Waals surface area contributed by atoms with Crippen LogP contribution in [-0.4, -0.2) is 25.3 Å². The standard InChI is InChI=1S/C14H27NO/c1-3-16-14(10-4-5-11-14)13(15-2)9-8-12-6-7-12/h12-13,15H,3-11H2,1-2H3. The third-order valence-electron chi connectivity index (χ3n) is 4.43. The molecule has 0 spiro atoms. The van der Waals surface area contributed by atoms with Gasteiger partial charge in [-0.25, -0.2) is 0 Å². The first-order chi connectivity index (χ1) is 7.80. The molecule has 2 aliphatic carbocycles. The second-order valence-electron chi connectivity index (χ2n) is 5.57. The Kier molecular flexibility index (Phi) is 4.26. The molecule has 0 saturated heterocycles. The largest absolute Gasteiger partial charge is 0.374 e. The highest BCUT2D eigenvalue weighted by Crippen LogP contribution is 2.40. The van der Waals surface area contributed by atoms with Gasteiger partial charge in [-0.3, -0.25) is 0 Å². The van der Waals surface area contributed by atoms with E-state index < -0.39 is 0 Å². The van der Waals surface area contributed by atoms with Crippen LogP contribution in [0.5, 0.6) is 0 Å².